The van der Waals surface area contributed by atoms with Crippen LogP contribution < -0.4 is 26.2 Å². The molecule has 0 spiro atoms. The number of nitrogens with zero attached hydrogens (tertiary/aromatic N) is 1. The van der Waals surface area contributed by atoms with Crippen LogP contribution in [-0.2, 0) is 4.79 Å². The quantitative estimate of drug-likeness (QED) is 0.161. The van der Waals surface area contributed by atoms with Gasteiger partial charge < -0.3 is 15.4 Å². The van der Waals surface area contributed by atoms with Gasteiger partial charge in [-0.05, 0) is 66.6 Å². The molecule has 4 amide bonds. The van der Waals surface area contributed by atoms with Gasteiger partial charge in [-0.25, -0.2) is 9.18 Å². The highest BCUT2D eigenvalue weighted by molar-refractivity contribution is 6.30. The molecule has 0 atom stereocenters. The topological polar surface area (TPSA) is 121 Å². The van der Waals surface area contributed by atoms with Gasteiger partial charge in [-0.3, -0.25) is 25.4 Å². The summed E-state index contributed by atoms with van der Waals surface area (Å²) in [5.74, 6) is -1.65. The molecule has 4 rings (SSSR count). The Bertz CT molecular complexity index is 1580. The summed E-state index contributed by atoms with van der Waals surface area (Å²) in [6.07, 6.45) is 4.13. The summed E-state index contributed by atoms with van der Waals surface area (Å²) < 4.78 is 20.3. The average Bonchev–Trinajstić information content (AvgIpc) is 2.93. The molecule has 40 heavy (non-hydrogen) atoms. The molecule has 0 saturated heterocycles. The normalized spacial score (nSPS) is 10.6. The van der Waals surface area contributed by atoms with E-state index < -0.39 is 23.7 Å². The third kappa shape index (κ3) is 8.14. The number of aromatic nitrogens is 1. The van der Waals surface area contributed by atoms with E-state index in [4.69, 9.17) is 16.3 Å². The Hall–Kier alpha value is -5.22. The maximum absolute atomic E-state index is 14.6. The summed E-state index contributed by atoms with van der Waals surface area (Å²) in [5, 5.41) is 5.66. The van der Waals surface area contributed by atoms with Crippen molar-refractivity contribution < 1.29 is 23.5 Å². The van der Waals surface area contributed by atoms with Gasteiger partial charge in [0.25, 0.3) is 11.8 Å². The lowest BCUT2D eigenvalue weighted by Gasteiger charge is -2.11. The van der Waals surface area contributed by atoms with E-state index in [-0.39, 0.29) is 22.9 Å². The number of nitrogens with one attached hydrogen (secondary N) is 4. The number of rotatable bonds is 7. The van der Waals surface area contributed by atoms with Gasteiger partial charge in [0, 0.05) is 35.1 Å². The molecule has 202 valence electrons. The smallest absolute Gasteiger partial charge is 0.323 e. The predicted octanol–water partition coefficient (Wildman–Crippen LogP) is 6.09. The Morgan fingerprint density at radius 2 is 1.68 bits per heavy atom. The summed E-state index contributed by atoms with van der Waals surface area (Å²) >= 11 is 5.83. The first-order valence-corrected chi connectivity index (χ1v) is 12.2. The van der Waals surface area contributed by atoms with E-state index in [1.807, 2.05) is 13.0 Å². The van der Waals surface area contributed by atoms with Crippen LogP contribution >= 0.6 is 11.6 Å². The van der Waals surface area contributed by atoms with Crippen molar-refractivity contribution in [1.29, 1.82) is 0 Å². The van der Waals surface area contributed by atoms with Crippen molar-refractivity contribution in [2.75, 3.05) is 10.6 Å². The minimum Gasteiger partial charge on any atom is -0.457 e. The van der Waals surface area contributed by atoms with Crippen molar-refractivity contribution >= 4 is 46.9 Å². The molecular formula is C29H23ClFN5O4. The molecule has 1 heterocycles. The summed E-state index contributed by atoms with van der Waals surface area (Å²) in [7, 11) is 0. The standard InChI is InChI=1S/C29H23ClFN5O4/c1-18-3-2-4-21(15-18)33-29(39)34-25-11-10-22(16-24(25)31)40-23-13-14-32-26(17-23)28(38)36-35-27(37)12-7-19-5-8-20(30)9-6-19/h2-17H,1H3,(H,35,37)(H,36,38)(H2,33,34,39). The second-order valence-electron chi connectivity index (χ2n) is 8.40. The Labute approximate surface area is 234 Å². The third-order valence-corrected chi connectivity index (χ3v) is 5.51. The zero-order valence-corrected chi connectivity index (χ0v) is 21.8. The van der Waals surface area contributed by atoms with Gasteiger partial charge in [0.1, 0.15) is 23.0 Å². The van der Waals surface area contributed by atoms with Crippen LogP contribution in [-0.4, -0.2) is 22.8 Å². The molecule has 0 bridgehead atoms. The molecule has 0 aliphatic heterocycles. The fourth-order valence-electron chi connectivity index (χ4n) is 3.37. The van der Waals surface area contributed by atoms with E-state index in [0.717, 1.165) is 17.2 Å². The molecule has 1 aromatic heterocycles. The van der Waals surface area contributed by atoms with Gasteiger partial charge >= 0.3 is 6.03 Å². The lowest BCUT2D eigenvalue weighted by atomic mass is 10.2. The molecule has 0 unspecified atom stereocenters. The second-order valence-corrected chi connectivity index (χ2v) is 8.83. The van der Waals surface area contributed by atoms with E-state index in [9.17, 15) is 18.8 Å². The highest BCUT2D eigenvalue weighted by Crippen LogP contribution is 2.26. The monoisotopic (exact) mass is 559 g/mol. The molecule has 3 aromatic carbocycles. The highest BCUT2D eigenvalue weighted by Gasteiger charge is 2.12. The van der Waals surface area contributed by atoms with Crippen LogP contribution in [0.25, 0.3) is 6.08 Å². The number of hydrazine groups is 1. The largest absolute Gasteiger partial charge is 0.457 e. The molecule has 0 aliphatic rings. The van der Waals surface area contributed by atoms with Crippen molar-refractivity contribution in [2.45, 2.75) is 6.92 Å². The molecule has 0 saturated carbocycles. The fraction of sp³-hybridized carbons (Fsp3) is 0.0345. The lowest BCUT2D eigenvalue weighted by Crippen LogP contribution is -2.41. The van der Waals surface area contributed by atoms with Gasteiger partial charge in [-0.15, -0.1) is 0 Å². The molecule has 4 aromatic rings. The van der Waals surface area contributed by atoms with Crippen molar-refractivity contribution in [3.8, 4) is 11.5 Å². The van der Waals surface area contributed by atoms with Crippen molar-refractivity contribution in [2.24, 2.45) is 0 Å². The maximum Gasteiger partial charge on any atom is 0.323 e. The number of pyridine rings is 1. The lowest BCUT2D eigenvalue weighted by molar-refractivity contribution is -0.117. The average molecular weight is 560 g/mol. The molecule has 0 fully saturated rings. The molecule has 4 N–H and O–H groups in total. The Kier molecular flexibility index (Phi) is 9.06. The van der Waals surface area contributed by atoms with Crippen LogP contribution in [0, 0.1) is 12.7 Å². The number of aryl methyl sites for hydroxylation is 1. The van der Waals surface area contributed by atoms with Crippen LogP contribution in [0.15, 0.2) is 91.1 Å². The van der Waals surface area contributed by atoms with Crippen molar-refractivity contribution in [1.82, 2.24) is 15.8 Å². The van der Waals surface area contributed by atoms with Crippen LogP contribution in [0.1, 0.15) is 21.6 Å². The number of urea groups is 1. The summed E-state index contributed by atoms with van der Waals surface area (Å²) in [5.41, 5.74) is 6.71. The van der Waals surface area contributed by atoms with Gasteiger partial charge in [0.2, 0.25) is 0 Å². The zero-order valence-electron chi connectivity index (χ0n) is 21.1. The number of ether oxygens (including phenoxy) is 1. The van der Waals surface area contributed by atoms with E-state index >= 15 is 0 Å². The molecule has 0 aliphatic carbocycles. The second kappa shape index (κ2) is 13.0. The van der Waals surface area contributed by atoms with Gasteiger partial charge in [-0.2, -0.15) is 0 Å². The summed E-state index contributed by atoms with van der Waals surface area (Å²) in [6.45, 7) is 1.89. The number of benzene rings is 3. The number of carbonyl (C=O) groups is 3. The van der Waals surface area contributed by atoms with Crippen LogP contribution in [0.2, 0.25) is 5.02 Å². The van der Waals surface area contributed by atoms with Crippen LogP contribution in [0.4, 0.5) is 20.6 Å². The maximum atomic E-state index is 14.6. The molecular weight excluding hydrogens is 537 g/mol. The van der Waals surface area contributed by atoms with Crippen molar-refractivity contribution in [3.05, 3.63) is 119 Å². The van der Waals surface area contributed by atoms with E-state index in [0.29, 0.717) is 10.7 Å². The number of halogens is 2. The Morgan fingerprint density at radius 1 is 0.900 bits per heavy atom. The first kappa shape index (κ1) is 27.8. The number of amides is 4. The van der Waals surface area contributed by atoms with Crippen molar-refractivity contribution in [3.63, 3.8) is 0 Å². The van der Waals surface area contributed by atoms with Gasteiger partial charge in [0.05, 0.1) is 5.69 Å². The first-order chi connectivity index (χ1) is 19.2. The van der Waals surface area contributed by atoms with Crippen LogP contribution in [0.3, 0.4) is 0 Å². The Balaban J connectivity index is 1.31. The van der Waals surface area contributed by atoms with Gasteiger partial charge in [-0.1, -0.05) is 35.9 Å². The molecule has 0 radical (unpaired) electrons. The van der Waals surface area contributed by atoms with Crippen LogP contribution in [0.5, 0.6) is 11.5 Å². The summed E-state index contributed by atoms with van der Waals surface area (Å²) in [4.78, 5) is 40.6. The number of carbonyl (C=O) groups excluding carboxylic acids is 3. The predicted molar refractivity (Wildman–Crippen MR) is 151 cm³/mol. The number of hydrogen-bond acceptors (Lipinski definition) is 5. The number of anilines is 2. The zero-order chi connectivity index (χ0) is 28.5. The highest BCUT2D eigenvalue weighted by atomic mass is 35.5. The van der Waals surface area contributed by atoms with E-state index in [1.165, 1.54) is 36.5 Å². The Morgan fingerprint density at radius 3 is 2.42 bits per heavy atom. The molecule has 11 heteroatoms. The molecule has 9 nitrogen and oxygen atoms in total. The summed E-state index contributed by atoms with van der Waals surface area (Å²) in [6, 6.07) is 20.1. The van der Waals surface area contributed by atoms with E-state index in [2.05, 4.69) is 26.5 Å². The minimum absolute atomic E-state index is 0.0480. The van der Waals surface area contributed by atoms with E-state index in [1.54, 1.807) is 48.5 Å². The third-order valence-electron chi connectivity index (χ3n) is 5.26. The first-order valence-electron chi connectivity index (χ1n) is 11.9. The SMILES string of the molecule is Cc1cccc(NC(=O)Nc2ccc(Oc3ccnc(C(=O)NNC(=O)C=Cc4ccc(Cl)cc4)c3)cc2F)c1. The van der Waals surface area contributed by atoms with Gasteiger partial charge in [0.15, 0.2) is 0 Å². The number of hydrogen-bond donors (Lipinski definition) is 4. The fourth-order valence-corrected chi connectivity index (χ4v) is 3.50. The minimum atomic E-state index is -0.724.